The molecule has 1 aromatic rings. The zero-order valence-electron chi connectivity index (χ0n) is 4.77. The minimum Gasteiger partial charge on any atom is -0.205 e. The van der Waals surface area contributed by atoms with E-state index < -0.39 is 0 Å². The molecule has 0 N–H and O–H groups in total. The summed E-state index contributed by atoms with van der Waals surface area (Å²) in [5.41, 5.74) is 0. The number of benzene rings is 1. The first-order valence-corrected chi connectivity index (χ1v) is 2.58. The molecule has 1 atom stereocenters. The first-order chi connectivity index (χ1) is 3.80. The van der Waals surface area contributed by atoms with Crippen molar-refractivity contribution in [3.05, 3.63) is 35.1 Å². The third kappa shape index (κ3) is 2.30. The van der Waals surface area contributed by atoms with E-state index in [0.717, 1.165) is 0 Å². The lowest BCUT2D eigenvalue weighted by atomic mass is 10.4. The molecule has 1 unspecified atom stereocenters. The summed E-state index contributed by atoms with van der Waals surface area (Å²) in [5, 5.41) is 0.174. The Morgan fingerprint density at radius 1 is 1.22 bits per heavy atom. The molecule has 50 valence electrons. The van der Waals surface area contributed by atoms with Crippen LogP contribution in [0.15, 0.2) is 24.3 Å². The lowest BCUT2D eigenvalue weighted by Gasteiger charge is -1.86. The maximum Gasteiger partial charge on any atom is 0.141 e. The van der Waals surface area contributed by atoms with Gasteiger partial charge in [-0.05, 0) is 12.1 Å². The monoisotopic (exact) mass is 164 g/mol. The molecule has 0 radical (unpaired) electrons. The highest BCUT2D eigenvalue weighted by atomic mass is 35.5. The van der Waals surface area contributed by atoms with Crippen LogP contribution in [0.2, 0.25) is 5.02 Å². The average molecular weight is 165 g/mol. The van der Waals surface area contributed by atoms with E-state index in [4.69, 9.17) is 11.6 Å². The van der Waals surface area contributed by atoms with Gasteiger partial charge in [0.15, 0.2) is 0 Å². The highest BCUT2D eigenvalue weighted by Gasteiger charge is 1.91. The predicted molar refractivity (Wildman–Crippen MR) is 42.5 cm³/mol. The fraction of sp³-hybridized carbons (Fsp3) is 0. The quantitative estimate of drug-likeness (QED) is 0.517. The highest BCUT2D eigenvalue weighted by Crippen LogP contribution is 2.11. The molecule has 0 aliphatic rings. The van der Waals surface area contributed by atoms with Gasteiger partial charge >= 0.3 is 0 Å². The first kappa shape index (κ1) is 8.87. The zero-order valence-corrected chi connectivity index (χ0v) is 6.94. The Kier molecular flexibility index (Phi) is 3.76. The summed E-state index contributed by atoms with van der Waals surface area (Å²) in [5.74, 6) is -0.367. The third-order valence-corrected chi connectivity index (χ3v) is 1.13. The van der Waals surface area contributed by atoms with Crippen molar-refractivity contribution in [3.63, 3.8) is 0 Å². The van der Waals surface area contributed by atoms with Crippen LogP contribution in [-0.4, -0.2) is 0 Å². The van der Waals surface area contributed by atoms with Gasteiger partial charge in [0.1, 0.15) is 5.82 Å². The average Bonchev–Trinajstić information content (AvgIpc) is 1.77. The fourth-order valence-corrected chi connectivity index (χ4v) is 0.575. The van der Waals surface area contributed by atoms with Crippen LogP contribution in [0.25, 0.3) is 0 Å². The minimum atomic E-state index is -0.367. The van der Waals surface area contributed by atoms with E-state index in [1.165, 1.54) is 12.1 Å². The number of hydrogen-bond acceptors (Lipinski definition) is 0. The second-order valence-electron chi connectivity index (χ2n) is 1.41. The largest absolute Gasteiger partial charge is 0.205 e. The lowest BCUT2D eigenvalue weighted by molar-refractivity contribution is 0.628. The molecule has 0 bridgehead atoms. The normalized spacial score (nSPS) is 8.22. The second kappa shape index (κ2) is 3.81. The van der Waals surface area contributed by atoms with Gasteiger partial charge in [-0.2, -0.15) is 9.90 Å². The van der Waals surface area contributed by atoms with Crippen LogP contribution in [0, 0.1) is 5.82 Å². The Labute approximate surface area is 61.7 Å². The SMILES string of the molecule is Fc1ccccc1Cl.P. The number of halogens is 2. The molecule has 0 nitrogen and oxygen atoms in total. The van der Waals surface area contributed by atoms with Crippen molar-refractivity contribution < 1.29 is 4.39 Å². The molecule has 0 saturated heterocycles. The van der Waals surface area contributed by atoms with Gasteiger partial charge in [0.25, 0.3) is 0 Å². The number of hydrogen-bond donors (Lipinski definition) is 0. The molecule has 1 aromatic carbocycles. The van der Waals surface area contributed by atoms with Gasteiger partial charge < -0.3 is 0 Å². The maximum atomic E-state index is 12.2. The molecular formula is C6H7ClFP. The van der Waals surface area contributed by atoms with Crippen molar-refractivity contribution in [1.29, 1.82) is 0 Å². The van der Waals surface area contributed by atoms with E-state index >= 15 is 0 Å². The zero-order chi connectivity index (χ0) is 5.98. The van der Waals surface area contributed by atoms with Crippen LogP contribution < -0.4 is 0 Å². The molecule has 3 heteroatoms. The summed E-state index contributed by atoms with van der Waals surface area (Å²) < 4.78 is 12.2. The Morgan fingerprint density at radius 3 is 2.11 bits per heavy atom. The number of rotatable bonds is 0. The molecular weight excluding hydrogens is 157 g/mol. The molecule has 0 fully saturated rings. The molecule has 0 amide bonds. The van der Waals surface area contributed by atoms with Gasteiger partial charge in [0.2, 0.25) is 0 Å². The van der Waals surface area contributed by atoms with Crippen LogP contribution in [0.1, 0.15) is 0 Å². The summed E-state index contributed by atoms with van der Waals surface area (Å²) in [4.78, 5) is 0. The van der Waals surface area contributed by atoms with Crippen LogP contribution in [0.4, 0.5) is 4.39 Å². The summed E-state index contributed by atoms with van der Waals surface area (Å²) in [7, 11) is 0. The topological polar surface area (TPSA) is 0 Å². The van der Waals surface area contributed by atoms with Gasteiger partial charge in [-0.25, -0.2) is 4.39 Å². The molecule has 0 aliphatic heterocycles. The van der Waals surface area contributed by atoms with E-state index in [0.29, 0.717) is 0 Å². The molecule has 0 aromatic heterocycles. The van der Waals surface area contributed by atoms with Crippen molar-refractivity contribution >= 4 is 21.5 Å². The van der Waals surface area contributed by atoms with Gasteiger partial charge in [-0.1, -0.05) is 23.7 Å². The second-order valence-corrected chi connectivity index (χ2v) is 1.82. The van der Waals surface area contributed by atoms with E-state index in [2.05, 4.69) is 0 Å². The third-order valence-electron chi connectivity index (χ3n) is 0.824. The van der Waals surface area contributed by atoms with Gasteiger partial charge in [0, 0.05) is 0 Å². The molecule has 0 heterocycles. The maximum absolute atomic E-state index is 12.2. The van der Waals surface area contributed by atoms with Crippen LogP contribution in [-0.2, 0) is 0 Å². The van der Waals surface area contributed by atoms with Crippen molar-refractivity contribution in [1.82, 2.24) is 0 Å². The molecule has 0 spiro atoms. The van der Waals surface area contributed by atoms with E-state index in [9.17, 15) is 4.39 Å². The van der Waals surface area contributed by atoms with E-state index in [-0.39, 0.29) is 20.7 Å². The summed E-state index contributed by atoms with van der Waals surface area (Å²) in [6.45, 7) is 0. The summed E-state index contributed by atoms with van der Waals surface area (Å²) >= 11 is 5.33. The van der Waals surface area contributed by atoms with Gasteiger partial charge in [0.05, 0.1) is 5.02 Å². The molecule has 1 rings (SSSR count). The van der Waals surface area contributed by atoms with Crippen LogP contribution in [0.3, 0.4) is 0 Å². The molecule has 9 heavy (non-hydrogen) atoms. The Balaban J connectivity index is 0.000000640. The lowest BCUT2D eigenvalue weighted by Crippen LogP contribution is -1.70. The fourth-order valence-electron chi connectivity index (χ4n) is 0.439. The molecule has 0 aliphatic carbocycles. The molecule has 0 saturated carbocycles. The minimum absolute atomic E-state index is 0. The Morgan fingerprint density at radius 2 is 1.78 bits per heavy atom. The van der Waals surface area contributed by atoms with Gasteiger partial charge in [-0.15, -0.1) is 0 Å². The van der Waals surface area contributed by atoms with E-state index in [1.54, 1.807) is 12.1 Å². The summed E-state index contributed by atoms with van der Waals surface area (Å²) in [6, 6.07) is 6.12. The van der Waals surface area contributed by atoms with Gasteiger partial charge in [-0.3, -0.25) is 0 Å². The van der Waals surface area contributed by atoms with Crippen LogP contribution >= 0.6 is 21.5 Å². The smallest absolute Gasteiger partial charge is 0.141 e. The van der Waals surface area contributed by atoms with E-state index in [1.807, 2.05) is 0 Å². The van der Waals surface area contributed by atoms with Crippen molar-refractivity contribution in [3.8, 4) is 0 Å². The highest BCUT2D eigenvalue weighted by molar-refractivity contribution is 6.92. The van der Waals surface area contributed by atoms with Crippen molar-refractivity contribution in [2.75, 3.05) is 0 Å². The predicted octanol–water partition coefficient (Wildman–Crippen LogP) is 2.54. The standard InChI is InChI=1S/C6H4ClF.H3P/c7-5-3-1-2-4-6(5)8;/h1-4H;1H3. The summed E-state index contributed by atoms with van der Waals surface area (Å²) in [6.07, 6.45) is 0. The van der Waals surface area contributed by atoms with Crippen molar-refractivity contribution in [2.24, 2.45) is 0 Å². The Bertz CT molecular complexity index is 169. The van der Waals surface area contributed by atoms with Crippen LogP contribution in [0.5, 0.6) is 0 Å². The van der Waals surface area contributed by atoms with Crippen molar-refractivity contribution in [2.45, 2.75) is 0 Å². The first-order valence-electron chi connectivity index (χ1n) is 2.21. The Hall–Kier alpha value is -0.130.